The van der Waals surface area contributed by atoms with Gasteiger partial charge in [-0.2, -0.15) is 0 Å². The predicted octanol–water partition coefficient (Wildman–Crippen LogP) is 3.97. The first-order valence-corrected chi connectivity index (χ1v) is 10.7. The number of nitrogens with zero attached hydrogens (tertiary/aromatic N) is 5. The van der Waals surface area contributed by atoms with Crippen LogP contribution in [0.4, 0.5) is 0 Å². The maximum Gasteiger partial charge on any atom is 0.258 e. The van der Waals surface area contributed by atoms with Crippen molar-refractivity contribution in [2.75, 3.05) is 0 Å². The van der Waals surface area contributed by atoms with E-state index in [0.29, 0.717) is 33.0 Å². The third kappa shape index (κ3) is 3.78. The van der Waals surface area contributed by atoms with Crippen molar-refractivity contribution in [3.63, 3.8) is 0 Å². The third-order valence-electron chi connectivity index (χ3n) is 4.08. The second-order valence-electron chi connectivity index (χ2n) is 6.02. The van der Waals surface area contributed by atoms with E-state index < -0.39 is 0 Å². The number of rotatable bonds is 6. The Balaban J connectivity index is 1.48. The van der Waals surface area contributed by atoms with E-state index in [2.05, 4.69) is 15.2 Å². The van der Waals surface area contributed by atoms with Crippen molar-refractivity contribution >= 4 is 39.7 Å². The summed E-state index contributed by atoms with van der Waals surface area (Å²) in [6.07, 6.45) is 1.40. The molecule has 0 N–H and O–H groups in total. The molecule has 10 heteroatoms. The Morgan fingerprint density at radius 1 is 1.32 bits per heavy atom. The van der Waals surface area contributed by atoms with E-state index in [9.17, 15) is 4.79 Å². The van der Waals surface area contributed by atoms with E-state index in [4.69, 9.17) is 16.3 Å². The van der Waals surface area contributed by atoms with Gasteiger partial charge in [-0.25, -0.2) is 4.98 Å². The summed E-state index contributed by atoms with van der Waals surface area (Å²) in [5.74, 6) is 1.81. The number of benzene rings is 1. The number of thiazole rings is 1. The molecule has 1 aromatic carbocycles. The zero-order chi connectivity index (χ0) is 19.7. The summed E-state index contributed by atoms with van der Waals surface area (Å²) in [4.78, 5) is 17.3. The minimum Gasteiger partial charge on any atom is -0.481 e. The molecule has 0 radical (unpaired) electrons. The summed E-state index contributed by atoms with van der Waals surface area (Å²) >= 11 is 9.06. The van der Waals surface area contributed by atoms with E-state index in [1.165, 1.54) is 27.5 Å². The molecule has 0 fully saturated rings. The summed E-state index contributed by atoms with van der Waals surface area (Å²) in [6.45, 7) is 1.90. The molecule has 0 bridgehead atoms. The van der Waals surface area contributed by atoms with Crippen LogP contribution < -0.4 is 10.3 Å². The number of hydrogen-bond acceptors (Lipinski definition) is 7. The minimum atomic E-state index is -0.322. The highest BCUT2D eigenvalue weighted by molar-refractivity contribution is 7.98. The van der Waals surface area contributed by atoms with Crippen molar-refractivity contribution < 1.29 is 4.74 Å². The highest BCUT2D eigenvalue weighted by atomic mass is 35.5. The molecule has 0 saturated heterocycles. The maximum absolute atomic E-state index is 12.1. The topological polar surface area (TPSA) is 74.3 Å². The molecular formula is C18H16ClN5O2S2. The zero-order valence-corrected chi connectivity index (χ0v) is 17.5. The van der Waals surface area contributed by atoms with Gasteiger partial charge in [-0.05, 0) is 19.1 Å². The van der Waals surface area contributed by atoms with E-state index in [-0.39, 0.29) is 11.7 Å². The van der Waals surface area contributed by atoms with Crippen molar-refractivity contribution in [1.29, 1.82) is 0 Å². The number of aromatic nitrogens is 5. The lowest BCUT2D eigenvalue weighted by atomic mass is 10.3. The molecule has 144 valence electrons. The standard InChI is InChI=1S/C18H16ClN5O2S2/c1-11(26-14-6-4-3-5-13(14)19)16-21-22-18(23(16)2)28-10-12-9-15(25)24-7-8-27-17(24)20-12/h3-9,11H,10H2,1-2H3. The highest BCUT2D eigenvalue weighted by Crippen LogP contribution is 2.29. The van der Waals surface area contributed by atoms with Crippen LogP contribution in [0.25, 0.3) is 4.96 Å². The SMILES string of the molecule is CC(Oc1ccccc1Cl)c1nnc(SCc2cc(=O)n3ccsc3n2)n1C. The van der Waals surface area contributed by atoms with Gasteiger partial charge in [0.05, 0.1) is 10.7 Å². The lowest BCUT2D eigenvalue weighted by molar-refractivity contribution is 0.211. The van der Waals surface area contributed by atoms with E-state index in [0.717, 1.165) is 5.16 Å². The first-order chi connectivity index (χ1) is 13.5. The highest BCUT2D eigenvalue weighted by Gasteiger charge is 2.18. The quantitative estimate of drug-likeness (QED) is 0.428. The fourth-order valence-electron chi connectivity index (χ4n) is 2.69. The normalized spacial score (nSPS) is 12.4. The number of halogens is 1. The average Bonchev–Trinajstić information content (AvgIpc) is 3.29. The Morgan fingerprint density at radius 3 is 2.96 bits per heavy atom. The second-order valence-corrected chi connectivity index (χ2v) is 8.24. The number of ether oxygens (including phenoxy) is 1. The van der Waals surface area contributed by atoms with Crippen LogP contribution in [0.15, 0.2) is 51.9 Å². The summed E-state index contributed by atoms with van der Waals surface area (Å²) in [5.41, 5.74) is 0.629. The van der Waals surface area contributed by atoms with Crippen molar-refractivity contribution in [1.82, 2.24) is 24.1 Å². The van der Waals surface area contributed by atoms with Crippen LogP contribution in [0, 0.1) is 0 Å². The van der Waals surface area contributed by atoms with Gasteiger partial charge in [0.2, 0.25) is 0 Å². The van der Waals surface area contributed by atoms with Gasteiger partial charge in [0, 0.05) is 30.4 Å². The van der Waals surface area contributed by atoms with Crippen molar-refractivity contribution in [3.05, 3.63) is 68.8 Å². The second kappa shape index (κ2) is 7.94. The molecule has 1 atom stereocenters. The number of fused-ring (bicyclic) bond motifs is 1. The maximum atomic E-state index is 12.1. The summed E-state index contributed by atoms with van der Waals surface area (Å²) in [7, 11) is 1.88. The van der Waals surface area contributed by atoms with E-state index in [1.807, 2.05) is 42.1 Å². The van der Waals surface area contributed by atoms with E-state index >= 15 is 0 Å². The van der Waals surface area contributed by atoms with Crippen molar-refractivity contribution in [3.8, 4) is 5.75 Å². The van der Waals surface area contributed by atoms with Crippen molar-refractivity contribution in [2.24, 2.45) is 7.05 Å². The first kappa shape index (κ1) is 19.0. The molecule has 4 rings (SSSR count). The molecule has 0 aliphatic carbocycles. The molecule has 0 amide bonds. The van der Waals surface area contributed by atoms with Crippen LogP contribution >= 0.6 is 34.7 Å². The van der Waals surface area contributed by atoms with Gasteiger partial charge in [0.15, 0.2) is 22.0 Å². The Kier molecular flexibility index (Phi) is 5.38. The Hall–Kier alpha value is -2.36. The molecule has 28 heavy (non-hydrogen) atoms. The fourth-order valence-corrected chi connectivity index (χ4v) is 4.42. The minimum absolute atomic E-state index is 0.0812. The molecule has 1 unspecified atom stereocenters. The summed E-state index contributed by atoms with van der Waals surface area (Å²) in [5, 5.41) is 11.6. The van der Waals surface area contributed by atoms with E-state index in [1.54, 1.807) is 18.3 Å². The van der Waals surface area contributed by atoms with Crippen LogP contribution in [0.2, 0.25) is 5.02 Å². The Morgan fingerprint density at radius 2 is 2.14 bits per heavy atom. The van der Waals surface area contributed by atoms with Gasteiger partial charge in [-0.15, -0.1) is 21.5 Å². The lowest BCUT2D eigenvalue weighted by Crippen LogP contribution is -2.12. The summed E-state index contributed by atoms with van der Waals surface area (Å²) < 4.78 is 9.34. The van der Waals surface area contributed by atoms with Crippen molar-refractivity contribution in [2.45, 2.75) is 23.9 Å². The Labute approximate surface area is 174 Å². The largest absolute Gasteiger partial charge is 0.481 e. The zero-order valence-electron chi connectivity index (χ0n) is 15.1. The van der Waals surface area contributed by atoms with Crippen LogP contribution in [-0.4, -0.2) is 24.1 Å². The molecule has 0 saturated carbocycles. The smallest absolute Gasteiger partial charge is 0.258 e. The number of para-hydroxylation sites is 1. The number of thioether (sulfide) groups is 1. The van der Waals surface area contributed by atoms with Crippen LogP contribution in [0.3, 0.4) is 0 Å². The molecule has 4 aromatic rings. The third-order valence-corrected chi connectivity index (χ3v) is 6.20. The molecular weight excluding hydrogens is 418 g/mol. The lowest BCUT2D eigenvalue weighted by Gasteiger charge is -2.15. The molecule has 0 aliphatic rings. The van der Waals surface area contributed by atoms with Gasteiger partial charge in [0.25, 0.3) is 5.56 Å². The monoisotopic (exact) mass is 433 g/mol. The van der Waals surface area contributed by atoms with Crippen LogP contribution in [-0.2, 0) is 12.8 Å². The van der Waals surface area contributed by atoms with Gasteiger partial charge >= 0.3 is 0 Å². The molecule has 7 nitrogen and oxygen atoms in total. The average molecular weight is 434 g/mol. The molecule has 3 heterocycles. The van der Waals surface area contributed by atoms with Crippen LogP contribution in [0.5, 0.6) is 5.75 Å². The fraction of sp³-hybridized carbons (Fsp3) is 0.222. The van der Waals surface area contributed by atoms with Gasteiger partial charge in [0.1, 0.15) is 5.75 Å². The molecule has 3 aromatic heterocycles. The number of hydrogen-bond donors (Lipinski definition) is 0. The van der Waals surface area contributed by atoms with Gasteiger partial charge in [-0.1, -0.05) is 35.5 Å². The van der Waals surface area contributed by atoms with Gasteiger partial charge < -0.3 is 9.30 Å². The Bertz CT molecular complexity index is 1190. The van der Waals surface area contributed by atoms with Crippen LogP contribution in [0.1, 0.15) is 24.5 Å². The van der Waals surface area contributed by atoms with Gasteiger partial charge in [-0.3, -0.25) is 9.20 Å². The molecule has 0 aliphatic heterocycles. The first-order valence-electron chi connectivity index (χ1n) is 8.42. The molecule has 0 spiro atoms. The predicted molar refractivity (Wildman–Crippen MR) is 110 cm³/mol. The summed E-state index contributed by atoms with van der Waals surface area (Å²) in [6, 6.07) is 8.86.